The molecular weight excluding hydrogens is 364 g/mol. The van der Waals surface area contributed by atoms with Crippen LogP contribution < -0.4 is 10.6 Å². The Morgan fingerprint density at radius 1 is 1.30 bits per heavy atom. The van der Waals surface area contributed by atoms with Gasteiger partial charge < -0.3 is 15.7 Å². The lowest BCUT2D eigenvalue weighted by Gasteiger charge is -2.32. The van der Waals surface area contributed by atoms with Gasteiger partial charge in [-0.25, -0.2) is 12.7 Å². The standard InChI is InChI=1S/C19H32N4O3S/c1-3-14-27(25,26)23-12-9-17(10-13-23)22-19(20-4-2)21-11-8-16-6-5-7-18(24)15-16/h5-7,15,17,24H,3-4,8-14H2,1-2H3,(H2,20,21,22). The molecule has 1 aromatic rings. The summed E-state index contributed by atoms with van der Waals surface area (Å²) >= 11 is 0. The summed E-state index contributed by atoms with van der Waals surface area (Å²) < 4.78 is 25.9. The highest BCUT2D eigenvalue weighted by Gasteiger charge is 2.27. The quantitative estimate of drug-likeness (QED) is 0.459. The molecule has 1 heterocycles. The molecule has 1 aliphatic heterocycles. The molecule has 1 fully saturated rings. The van der Waals surface area contributed by atoms with Crippen LogP contribution in [0, 0.1) is 0 Å². The molecule has 3 N–H and O–H groups in total. The third-order valence-electron chi connectivity index (χ3n) is 4.58. The van der Waals surface area contributed by atoms with Crippen molar-refractivity contribution in [2.75, 3.05) is 31.9 Å². The number of guanidine groups is 1. The van der Waals surface area contributed by atoms with Crippen molar-refractivity contribution in [1.29, 1.82) is 0 Å². The summed E-state index contributed by atoms with van der Waals surface area (Å²) in [5, 5.41) is 16.2. The van der Waals surface area contributed by atoms with Gasteiger partial charge in [-0.1, -0.05) is 19.1 Å². The maximum atomic E-state index is 12.2. The summed E-state index contributed by atoms with van der Waals surface area (Å²) in [6, 6.07) is 7.44. The van der Waals surface area contributed by atoms with Gasteiger partial charge in [0.25, 0.3) is 0 Å². The van der Waals surface area contributed by atoms with Crippen LogP contribution in [-0.4, -0.2) is 61.8 Å². The minimum absolute atomic E-state index is 0.219. The fourth-order valence-corrected chi connectivity index (χ4v) is 4.73. The van der Waals surface area contributed by atoms with E-state index in [2.05, 4.69) is 15.6 Å². The molecule has 0 unspecified atom stereocenters. The van der Waals surface area contributed by atoms with Crippen molar-refractivity contribution < 1.29 is 13.5 Å². The second-order valence-corrected chi connectivity index (χ2v) is 8.90. The van der Waals surface area contributed by atoms with Gasteiger partial charge in [0.15, 0.2) is 5.96 Å². The van der Waals surface area contributed by atoms with E-state index >= 15 is 0 Å². The maximum absolute atomic E-state index is 12.2. The van der Waals surface area contributed by atoms with Crippen molar-refractivity contribution in [3.8, 4) is 5.75 Å². The van der Waals surface area contributed by atoms with Crippen LogP contribution in [-0.2, 0) is 16.4 Å². The first-order valence-corrected chi connectivity index (χ1v) is 11.4. The highest BCUT2D eigenvalue weighted by atomic mass is 32.2. The number of rotatable bonds is 8. The van der Waals surface area contributed by atoms with Gasteiger partial charge in [0.2, 0.25) is 10.0 Å². The molecule has 0 bridgehead atoms. The summed E-state index contributed by atoms with van der Waals surface area (Å²) in [5.41, 5.74) is 1.05. The molecule has 152 valence electrons. The minimum Gasteiger partial charge on any atom is -0.508 e. The van der Waals surface area contributed by atoms with E-state index in [1.807, 2.05) is 26.0 Å². The predicted octanol–water partition coefficient (Wildman–Crippen LogP) is 1.69. The van der Waals surface area contributed by atoms with E-state index in [0.29, 0.717) is 26.1 Å². The first-order valence-electron chi connectivity index (χ1n) is 9.75. The van der Waals surface area contributed by atoms with Crippen LogP contribution in [0.15, 0.2) is 29.3 Å². The second-order valence-electron chi connectivity index (χ2n) is 6.81. The Bertz CT molecular complexity index is 713. The molecule has 0 amide bonds. The third kappa shape index (κ3) is 7.03. The summed E-state index contributed by atoms with van der Waals surface area (Å²) in [6.07, 6.45) is 2.95. The van der Waals surface area contributed by atoms with Gasteiger partial charge in [-0.15, -0.1) is 0 Å². The van der Waals surface area contributed by atoms with Crippen molar-refractivity contribution in [1.82, 2.24) is 14.9 Å². The van der Waals surface area contributed by atoms with E-state index in [9.17, 15) is 13.5 Å². The molecule has 8 heteroatoms. The Hall–Kier alpha value is -1.80. The highest BCUT2D eigenvalue weighted by molar-refractivity contribution is 7.89. The van der Waals surface area contributed by atoms with Gasteiger partial charge in [0.05, 0.1) is 5.75 Å². The van der Waals surface area contributed by atoms with Gasteiger partial charge in [0.1, 0.15) is 5.75 Å². The zero-order valence-corrected chi connectivity index (χ0v) is 17.1. The molecular formula is C19H32N4O3S. The van der Waals surface area contributed by atoms with Crippen molar-refractivity contribution in [3.05, 3.63) is 29.8 Å². The smallest absolute Gasteiger partial charge is 0.214 e. The van der Waals surface area contributed by atoms with E-state index < -0.39 is 10.0 Å². The number of nitrogens with zero attached hydrogens (tertiary/aromatic N) is 2. The zero-order valence-electron chi connectivity index (χ0n) is 16.3. The number of aliphatic imine (C=N–C) groups is 1. The Balaban J connectivity index is 1.85. The molecule has 1 saturated heterocycles. The van der Waals surface area contributed by atoms with E-state index in [-0.39, 0.29) is 17.5 Å². The van der Waals surface area contributed by atoms with Gasteiger partial charge in [-0.3, -0.25) is 4.99 Å². The Morgan fingerprint density at radius 3 is 2.67 bits per heavy atom. The van der Waals surface area contributed by atoms with Crippen molar-refractivity contribution in [2.45, 2.75) is 45.6 Å². The van der Waals surface area contributed by atoms with Crippen LogP contribution in [0.1, 0.15) is 38.7 Å². The van der Waals surface area contributed by atoms with Crippen LogP contribution in [0.5, 0.6) is 5.75 Å². The van der Waals surface area contributed by atoms with Crippen molar-refractivity contribution >= 4 is 16.0 Å². The lowest BCUT2D eigenvalue weighted by atomic mass is 10.1. The molecule has 27 heavy (non-hydrogen) atoms. The van der Waals surface area contributed by atoms with Gasteiger partial charge in [-0.2, -0.15) is 0 Å². The van der Waals surface area contributed by atoms with E-state index in [1.165, 1.54) is 0 Å². The van der Waals surface area contributed by atoms with E-state index in [0.717, 1.165) is 37.3 Å². The number of phenols is 1. The number of hydrogen-bond acceptors (Lipinski definition) is 4. The van der Waals surface area contributed by atoms with Crippen LogP contribution in [0.4, 0.5) is 0 Å². The predicted molar refractivity (Wildman–Crippen MR) is 110 cm³/mol. The second kappa shape index (κ2) is 10.5. The van der Waals surface area contributed by atoms with E-state index in [1.54, 1.807) is 16.4 Å². The monoisotopic (exact) mass is 396 g/mol. The molecule has 0 aromatic heterocycles. The molecule has 7 nitrogen and oxygen atoms in total. The SMILES string of the molecule is CCCS(=O)(=O)N1CCC(NC(=NCCc2cccc(O)c2)NCC)CC1. The number of benzene rings is 1. The summed E-state index contributed by atoms with van der Waals surface area (Å²) in [6.45, 7) is 6.41. The third-order valence-corrected chi connectivity index (χ3v) is 6.65. The molecule has 2 rings (SSSR count). The summed E-state index contributed by atoms with van der Waals surface area (Å²) in [5.74, 6) is 1.25. The lowest BCUT2D eigenvalue weighted by Crippen LogP contribution is -2.50. The van der Waals surface area contributed by atoms with Crippen LogP contribution in [0.3, 0.4) is 0 Å². The van der Waals surface area contributed by atoms with Gasteiger partial charge >= 0.3 is 0 Å². The topological polar surface area (TPSA) is 94.0 Å². The van der Waals surface area contributed by atoms with Gasteiger partial charge in [0, 0.05) is 32.2 Å². The average Bonchev–Trinajstić information content (AvgIpc) is 2.62. The summed E-state index contributed by atoms with van der Waals surface area (Å²) in [7, 11) is -3.10. The maximum Gasteiger partial charge on any atom is 0.214 e. The van der Waals surface area contributed by atoms with Crippen molar-refractivity contribution in [2.24, 2.45) is 4.99 Å². The van der Waals surface area contributed by atoms with E-state index in [4.69, 9.17) is 0 Å². The number of piperidine rings is 1. The molecule has 0 radical (unpaired) electrons. The van der Waals surface area contributed by atoms with Crippen LogP contribution in [0.2, 0.25) is 0 Å². The zero-order chi connectivity index (χ0) is 19.7. The largest absolute Gasteiger partial charge is 0.508 e. The first-order chi connectivity index (χ1) is 12.9. The fraction of sp³-hybridized carbons (Fsp3) is 0.632. The Labute approximate surface area is 162 Å². The molecule has 0 aliphatic carbocycles. The Morgan fingerprint density at radius 2 is 2.04 bits per heavy atom. The van der Waals surface area contributed by atoms with Gasteiger partial charge in [-0.05, 0) is 50.3 Å². The lowest BCUT2D eigenvalue weighted by molar-refractivity contribution is 0.306. The number of hydrogen-bond donors (Lipinski definition) is 3. The molecule has 0 atom stereocenters. The number of nitrogens with one attached hydrogen (secondary N) is 2. The molecule has 0 spiro atoms. The highest BCUT2D eigenvalue weighted by Crippen LogP contribution is 2.15. The van der Waals surface area contributed by atoms with Crippen LogP contribution in [0.25, 0.3) is 0 Å². The number of sulfonamides is 1. The van der Waals surface area contributed by atoms with Crippen LogP contribution >= 0.6 is 0 Å². The molecule has 1 aromatic carbocycles. The fourth-order valence-electron chi connectivity index (χ4n) is 3.19. The minimum atomic E-state index is -3.10. The molecule has 1 aliphatic rings. The first kappa shape index (κ1) is 21.5. The van der Waals surface area contributed by atoms with Crippen molar-refractivity contribution in [3.63, 3.8) is 0 Å². The molecule has 0 saturated carbocycles. The summed E-state index contributed by atoms with van der Waals surface area (Å²) in [4.78, 5) is 4.61. The number of phenolic OH excluding ortho intramolecular Hbond substituents is 1. The normalized spacial score (nSPS) is 17.0. The Kier molecular flexibility index (Phi) is 8.37. The number of aromatic hydroxyl groups is 1. The average molecular weight is 397 g/mol.